The van der Waals surface area contributed by atoms with Crippen LogP contribution in [0.25, 0.3) is 0 Å². The first-order valence-electron chi connectivity index (χ1n) is 14.8. The maximum absolute atomic E-state index is 11.9. The smallest absolute Gasteiger partial charge is 0.481 e. The molecule has 0 unspecified atom stereocenters. The molecule has 0 saturated carbocycles. The molecule has 0 amide bonds. The van der Waals surface area contributed by atoms with Crippen LogP contribution in [-0.4, -0.2) is 60.4 Å². The van der Waals surface area contributed by atoms with Gasteiger partial charge < -0.3 is 10.0 Å². The molecule has 0 radical (unpaired) electrons. The summed E-state index contributed by atoms with van der Waals surface area (Å²) in [5, 5.41) is 8.97. The Morgan fingerprint density at radius 2 is 1.46 bits per heavy atom. The Kier molecular flexibility index (Phi) is 12.3. The van der Waals surface area contributed by atoms with E-state index in [0.29, 0.717) is 19.5 Å². The summed E-state index contributed by atoms with van der Waals surface area (Å²) in [6.07, 6.45) is 11.8. The Morgan fingerprint density at radius 1 is 0.848 bits per heavy atom. The molecule has 3 N–H and O–H groups in total. The van der Waals surface area contributed by atoms with Crippen LogP contribution in [0.4, 0.5) is 11.4 Å². The zero-order valence-corrected chi connectivity index (χ0v) is 31.9. The average molecular weight is 697 g/mol. The Balaban J connectivity index is 0.00000576. The van der Waals surface area contributed by atoms with Gasteiger partial charge in [0.1, 0.15) is 6.54 Å². The first-order valence-corrected chi connectivity index (χ1v) is 17.7. The number of allylic oxidation sites excluding steroid dienone is 6. The van der Waals surface area contributed by atoms with Crippen LogP contribution in [0, 0.1) is 0 Å². The quantitative estimate of drug-likeness (QED) is 0.100. The van der Waals surface area contributed by atoms with Gasteiger partial charge in [-0.3, -0.25) is 13.9 Å². The molecule has 0 aromatic heterocycles. The van der Waals surface area contributed by atoms with Crippen molar-refractivity contribution < 1.29 is 91.8 Å². The maximum atomic E-state index is 11.9. The van der Waals surface area contributed by atoms with Gasteiger partial charge in [0.2, 0.25) is 5.69 Å². The number of carbonyl (C=O) groups is 1. The molecule has 242 valence electrons. The minimum Gasteiger partial charge on any atom is -0.481 e. The zero-order chi connectivity index (χ0) is 33.4. The molecule has 46 heavy (non-hydrogen) atoms. The number of carboxylic acid groups (broad SMARTS) is 1. The predicted octanol–water partition coefficient (Wildman–Crippen LogP) is 3.02. The topological polar surface area (TPSA) is 152 Å². The molecule has 0 spiro atoms. The average Bonchev–Trinajstić information content (AvgIpc) is 3.29. The van der Waals surface area contributed by atoms with E-state index in [1.54, 1.807) is 12.1 Å². The van der Waals surface area contributed by atoms with Crippen molar-refractivity contribution in [3.05, 3.63) is 83.6 Å². The van der Waals surface area contributed by atoms with Gasteiger partial charge >= 0.3 is 57.4 Å². The van der Waals surface area contributed by atoms with E-state index in [4.69, 9.17) is 5.11 Å². The van der Waals surface area contributed by atoms with E-state index < -0.39 is 37.0 Å². The van der Waals surface area contributed by atoms with Crippen molar-refractivity contribution in [3.8, 4) is 0 Å². The van der Waals surface area contributed by atoms with Crippen molar-refractivity contribution in [2.24, 2.45) is 0 Å². The fraction of sp³-hybridized carbons (Fsp3) is 0.394. The molecule has 0 aliphatic carbocycles. The summed E-state index contributed by atoms with van der Waals surface area (Å²) in [5.74, 6) is -0.827. The van der Waals surface area contributed by atoms with Crippen molar-refractivity contribution >= 4 is 43.3 Å². The first-order chi connectivity index (χ1) is 20.9. The number of anilines is 1. The molecule has 4 rings (SSSR count). The van der Waals surface area contributed by atoms with Crippen LogP contribution in [-0.2, 0) is 35.9 Å². The number of carboxylic acids is 1. The van der Waals surface area contributed by atoms with Crippen molar-refractivity contribution in [3.63, 3.8) is 0 Å². The van der Waals surface area contributed by atoms with Crippen molar-refractivity contribution in [1.82, 2.24) is 0 Å². The molecule has 0 atom stereocenters. The number of hydrogen-bond acceptors (Lipinski definition) is 6. The molecule has 0 fully saturated rings. The van der Waals surface area contributed by atoms with Gasteiger partial charge in [-0.25, -0.2) is 0 Å². The number of aliphatic carboxylic acids is 1. The molecule has 2 aliphatic heterocycles. The summed E-state index contributed by atoms with van der Waals surface area (Å²) in [6.45, 7) is 11.3. The number of fused-ring (bicyclic) bond motifs is 2. The number of benzene rings is 2. The third kappa shape index (κ3) is 8.01. The summed E-state index contributed by atoms with van der Waals surface area (Å²) in [6, 6.07) is 9.25. The maximum Gasteiger partial charge on any atom is 1.00 e. The summed E-state index contributed by atoms with van der Waals surface area (Å²) in [4.78, 5) is 12.7. The van der Waals surface area contributed by atoms with E-state index >= 15 is 0 Å². The van der Waals surface area contributed by atoms with E-state index in [2.05, 4.69) is 9.48 Å². The second-order valence-corrected chi connectivity index (χ2v) is 15.2. The van der Waals surface area contributed by atoms with Crippen LogP contribution >= 0.6 is 0 Å². The van der Waals surface area contributed by atoms with Gasteiger partial charge in [0.25, 0.3) is 20.2 Å². The fourth-order valence-corrected chi connectivity index (χ4v) is 7.31. The van der Waals surface area contributed by atoms with Gasteiger partial charge in [0.05, 0.1) is 15.2 Å². The Hall–Kier alpha value is -1.94. The van der Waals surface area contributed by atoms with Gasteiger partial charge in [-0.2, -0.15) is 21.4 Å². The van der Waals surface area contributed by atoms with E-state index in [-0.39, 0.29) is 67.6 Å². The molecule has 2 aliphatic rings. The third-order valence-electron chi connectivity index (χ3n) is 8.64. The normalized spacial score (nSPS) is 18.0. The van der Waals surface area contributed by atoms with Crippen LogP contribution in [0.15, 0.2) is 82.3 Å². The van der Waals surface area contributed by atoms with E-state index in [9.17, 15) is 30.7 Å². The second-order valence-electron chi connectivity index (χ2n) is 12.3. The molecule has 10 nitrogen and oxygen atoms in total. The standard InChI is InChI=1S/C33H40N2O8S2.K/c1-6-34-27-18-16-23(44(38,39)40)21-25(27)32(2,3)29(34)13-9-7-10-14-30-33(4,5)26-22-24(45(41,42)43)17-19-28(26)35(30)20-12-8-11-15-31(36)37;/h7,9-10,13-14,16-19,21-22H,6,8,11-12,15,20H2,1-5H3,(H2-,36,37,38,39,40,41,42,43);/q;+1/p+1. The number of hydrogen-bond donors (Lipinski definition) is 3. The Bertz CT molecular complexity index is 1860. The molecule has 13 heteroatoms. The molecule has 0 bridgehead atoms. The summed E-state index contributed by atoms with van der Waals surface area (Å²) < 4.78 is 68.7. The van der Waals surface area contributed by atoms with Gasteiger partial charge in [0.15, 0.2) is 5.71 Å². The van der Waals surface area contributed by atoms with Crippen LogP contribution < -0.4 is 56.3 Å². The first kappa shape index (κ1) is 38.5. The molecular formula is C33H41KN2O8S2+2. The van der Waals surface area contributed by atoms with Gasteiger partial charge in [-0.15, -0.1) is 0 Å². The van der Waals surface area contributed by atoms with Crippen LogP contribution in [0.3, 0.4) is 0 Å². The summed E-state index contributed by atoms with van der Waals surface area (Å²) >= 11 is 0. The molecular weight excluding hydrogens is 656 g/mol. The third-order valence-corrected chi connectivity index (χ3v) is 10.3. The van der Waals surface area contributed by atoms with E-state index in [1.165, 1.54) is 24.3 Å². The van der Waals surface area contributed by atoms with Gasteiger partial charge in [0, 0.05) is 47.5 Å². The molecule has 2 aromatic rings. The monoisotopic (exact) mass is 696 g/mol. The van der Waals surface area contributed by atoms with Gasteiger partial charge in [-0.05, 0) is 75.6 Å². The van der Waals surface area contributed by atoms with Crippen molar-refractivity contribution in [2.45, 2.75) is 80.9 Å². The predicted molar refractivity (Wildman–Crippen MR) is 174 cm³/mol. The van der Waals surface area contributed by atoms with Crippen LogP contribution in [0.1, 0.15) is 71.4 Å². The van der Waals surface area contributed by atoms with E-state index in [1.807, 2.05) is 65.0 Å². The summed E-state index contributed by atoms with van der Waals surface area (Å²) in [7, 11) is -8.72. The number of unbranched alkanes of at least 4 members (excludes halogenated alkanes) is 2. The van der Waals surface area contributed by atoms with Gasteiger partial charge in [-0.1, -0.05) is 38.5 Å². The molecule has 2 aromatic carbocycles. The minimum absolute atomic E-state index is 0. The summed E-state index contributed by atoms with van der Waals surface area (Å²) in [5.41, 5.74) is 4.09. The Labute approximate surface area is 314 Å². The Morgan fingerprint density at radius 3 is 2.04 bits per heavy atom. The van der Waals surface area contributed by atoms with Crippen molar-refractivity contribution in [1.29, 1.82) is 0 Å². The van der Waals surface area contributed by atoms with Crippen LogP contribution in [0.5, 0.6) is 0 Å². The number of nitrogens with zero attached hydrogens (tertiary/aromatic N) is 2. The largest absolute Gasteiger partial charge is 1.00 e. The van der Waals surface area contributed by atoms with E-state index in [0.717, 1.165) is 46.8 Å². The second kappa shape index (κ2) is 14.7. The molecule has 2 heterocycles. The zero-order valence-electron chi connectivity index (χ0n) is 27.2. The van der Waals surface area contributed by atoms with Crippen LogP contribution in [0.2, 0.25) is 0 Å². The molecule has 0 saturated heterocycles. The number of rotatable bonds is 12. The van der Waals surface area contributed by atoms with Crippen molar-refractivity contribution in [2.75, 3.05) is 18.0 Å². The SMILES string of the molecule is CC[N+]1=C(C=CC=CC=C2N(CCCCCC(=O)O)c3ccc(S(=O)(=O)O)cc3C2(C)C)C(C)(C)c2cc(S(=O)(=O)O)ccc21.[K+]. The fourth-order valence-electron chi connectivity index (χ4n) is 6.29. The minimum atomic E-state index is -4.39.